The minimum absolute atomic E-state index is 0.00671. The number of carbonyl (C=O) groups excluding carboxylic acids is 1. The first-order valence-electron chi connectivity index (χ1n) is 8.60. The predicted molar refractivity (Wildman–Crippen MR) is 95.9 cm³/mol. The average molecular weight is 355 g/mol. The second-order valence-corrected chi connectivity index (χ2v) is 7.44. The first-order chi connectivity index (χ1) is 11.2. The van der Waals surface area contributed by atoms with Crippen molar-refractivity contribution in [1.29, 1.82) is 0 Å². The summed E-state index contributed by atoms with van der Waals surface area (Å²) in [6, 6.07) is 1.63. The van der Waals surface area contributed by atoms with Gasteiger partial charge in [0.2, 0.25) is 5.75 Å². The fourth-order valence-electron chi connectivity index (χ4n) is 2.48. The van der Waals surface area contributed by atoms with Crippen LogP contribution in [0.25, 0.3) is 0 Å². The third-order valence-corrected chi connectivity index (χ3v) is 4.48. The minimum Gasteiger partial charge on any atom is -0.485 e. The smallest absolute Gasteiger partial charge is 0.206 e. The SMILES string of the molecule is CCC(C)Oc1c(Cl)cc2c(c1OC(C)CC)OC(C)(C)CC2=O. The highest BCUT2D eigenvalue weighted by Crippen LogP contribution is 2.50. The number of hydrogen-bond donors (Lipinski definition) is 0. The first kappa shape index (κ1) is 18.9. The van der Waals surface area contributed by atoms with Gasteiger partial charge in [0, 0.05) is 0 Å². The lowest BCUT2D eigenvalue weighted by molar-refractivity contribution is 0.0572. The zero-order valence-corrected chi connectivity index (χ0v) is 16.1. The molecule has 1 heterocycles. The number of rotatable bonds is 6. The Balaban J connectivity index is 2.61. The van der Waals surface area contributed by atoms with Crippen LogP contribution in [0, 0.1) is 0 Å². The van der Waals surface area contributed by atoms with Gasteiger partial charge in [-0.2, -0.15) is 0 Å². The zero-order valence-electron chi connectivity index (χ0n) is 15.4. The molecule has 0 aromatic heterocycles. The predicted octanol–water partition coefficient (Wildman–Crippen LogP) is 5.44. The summed E-state index contributed by atoms with van der Waals surface area (Å²) in [5, 5.41) is 0.379. The van der Waals surface area contributed by atoms with Gasteiger partial charge in [0.05, 0.1) is 29.2 Å². The number of ether oxygens (including phenoxy) is 3. The standard InChI is InChI=1S/C19H27ClO4/c1-7-11(3)22-17-14(20)9-13-15(21)10-19(5,6)24-16(13)18(17)23-12(4)8-2/h9,11-12H,7-8,10H2,1-6H3. The number of hydrogen-bond acceptors (Lipinski definition) is 4. The van der Waals surface area contributed by atoms with E-state index in [1.54, 1.807) is 6.07 Å². The third-order valence-electron chi connectivity index (χ3n) is 4.20. The van der Waals surface area contributed by atoms with Crippen LogP contribution >= 0.6 is 11.6 Å². The van der Waals surface area contributed by atoms with E-state index in [0.29, 0.717) is 34.3 Å². The van der Waals surface area contributed by atoms with Crippen LogP contribution in [-0.2, 0) is 0 Å². The summed E-state index contributed by atoms with van der Waals surface area (Å²) in [4.78, 5) is 12.5. The molecule has 0 amide bonds. The number of halogens is 1. The number of Topliss-reactive ketones (excluding diaryl/α,β-unsaturated/α-hetero) is 1. The molecule has 0 saturated heterocycles. The summed E-state index contributed by atoms with van der Waals surface area (Å²) in [5.74, 6) is 1.34. The molecule has 0 aliphatic carbocycles. The van der Waals surface area contributed by atoms with Crippen molar-refractivity contribution in [2.75, 3.05) is 0 Å². The van der Waals surface area contributed by atoms with Crippen LogP contribution in [0.4, 0.5) is 0 Å². The molecule has 0 saturated carbocycles. The summed E-state index contributed by atoms with van der Waals surface area (Å²) in [7, 11) is 0. The van der Waals surface area contributed by atoms with E-state index >= 15 is 0 Å². The van der Waals surface area contributed by atoms with Crippen LogP contribution in [-0.4, -0.2) is 23.6 Å². The Kier molecular flexibility index (Phi) is 5.69. The van der Waals surface area contributed by atoms with Crippen molar-refractivity contribution in [3.05, 3.63) is 16.7 Å². The topological polar surface area (TPSA) is 44.8 Å². The normalized spacial score (nSPS) is 18.4. The largest absolute Gasteiger partial charge is 0.485 e. The molecule has 1 aromatic carbocycles. The molecule has 1 aromatic rings. The lowest BCUT2D eigenvalue weighted by atomic mass is 9.92. The summed E-state index contributed by atoms with van der Waals surface area (Å²) in [6.45, 7) is 11.8. The van der Waals surface area contributed by atoms with E-state index in [4.69, 9.17) is 25.8 Å². The second kappa shape index (κ2) is 7.22. The molecule has 0 fully saturated rings. The Morgan fingerprint density at radius 3 is 2.25 bits per heavy atom. The van der Waals surface area contributed by atoms with Crippen LogP contribution in [0.5, 0.6) is 17.2 Å². The number of fused-ring (bicyclic) bond motifs is 1. The van der Waals surface area contributed by atoms with Crippen LogP contribution in [0.2, 0.25) is 5.02 Å². The Bertz CT molecular complexity index is 624. The van der Waals surface area contributed by atoms with Gasteiger partial charge in [-0.3, -0.25) is 4.79 Å². The zero-order chi connectivity index (χ0) is 18.1. The van der Waals surface area contributed by atoms with Crippen molar-refractivity contribution in [2.24, 2.45) is 0 Å². The van der Waals surface area contributed by atoms with Crippen LogP contribution in [0.3, 0.4) is 0 Å². The lowest BCUT2D eigenvalue weighted by Gasteiger charge is -2.34. The highest BCUT2D eigenvalue weighted by atomic mass is 35.5. The van der Waals surface area contributed by atoms with Crippen LogP contribution in [0.1, 0.15) is 71.2 Å². The van der Waals surface area contributed by atoms with Crippen molar-refractivity contribution in [2.45, 2.75) is 78.6 Å². The van der Waals surface area contributed by atoms with Gasteiger partial charge in [0.15, 0.2) is 17.3 Å². The van der Waals surface area contributed by atoms with Crippen molar-refractivity contribution in [3.63, 3.8) is 0 Å². The molecule has 0 N–H and O–H groups in total. The molecule has 24 heavy (non-hydrogen) atoms. The maximum Gasteiger partial charge on any atom is 0.206 e. The molecular weight excluding hydrogens is 328 g/mol. The molecule has 0 bridgehead atoms. The second-order valence-electron chi connectivity index (χ2n) is 7.03. The Hall–Kier alpha value is -1.42. The molecule has 134 valence electrons. The van der Waals surface area contributed by atoms with E-state index in [1.807, 2.05) is 41.5 Å². The average Bonchev–Trinajstić information content (AvgIpc) is 2.50. The van der Waals surface area contributed by atoms with Crippen LogP contribution in [0.15, 0.2) is 6.07 Å². The highest BCUT2D eigenvalue weighted by Gasteiger charge is 2.37. The Morgan fingerprint density at radius 2 is 1.71 bits per heavy atom. The van der Waals surface area contributed by atoms with Gasteiger partial charge in [0.1, 0.15) is 5.60 Å². The monoisotopic (exact) mass is 354 g/mol. The lowest BCUT2D eigenvalue weighted by Crippen LogP contribution is -2.36. The summed E-state index contributed by atoms with van der Waals surface area (Å²) >= 11 is 6.42. The van der Waals surface area contributed by atoms with Gasteiger partial charge in [-0.15, -0.1) is 0 Å². The van der Waals surface area contributed by atoms with E-state index in [-0.39, 0.29) is 18.0 Å². The molecule has 1 aliphatic heterocycles. The molecule has 5 heteroatoms. The summed E-state index contributed by atoms with van der Waals surface area (Å²) < 4.78 is 18.2. The van der Waals surface area contributed by atoms with E-state index in [9.17, 15) is 4.79 Å². The molecule has 0 radical (unpaired) electrons. The maximum atomic E-state index is 12.5. The third kappa shape index (κ3) is 3.97. The molecular formula is C19H27ClO4. The van der Waals surface area contributed by atoms with E-state index in [0.717, 1.165) is 12.8 Å². The van der Waals surface area contributed by atoms with E-state index in [2.05, 4.69) is 0 Å². The first-order valence-corrected chi connectivity index (χ1v) is 8.98. The molecule has 0 spiro atoms. The minimum atomic E-state index is -0.584. The Labute approximate surface area is 149 Å². The van der Waals surface area contributed by atoms with Crippen LogP contribution < -0.4 is 14.2 Å². The Morgan fingerprint density at radius 1 is 1.17 bits per heavy atom. The van der Waals surface area contributed by atoms with Gasteiger partial charge in [0.25, 0.3) is 0 Å². The maximum absolute atomic E-state index is 12.5. The fraction of sp³-hybridized carbons (Fsp3) is 0.632. The van der Waals surface area contributed by atoms with Crippen molar-refractivity contribution in [1.82, 2.24) is 0 Å². The van der Waals surface area contributed by atoms with Crippen molar-refractivity contribution < 1.29 is 19.0 Å². The van der Waals surface area contributed by atoms with Gasteiger partial charge in [-0.1, -0.05) is 25.4 Å². The number of benzene rings is 1. The fourth-order valence-corrected chi connectivity index (χ4v) is 2.72. The van der Waals surface area contributed by atoms with Crippen molar-refractivity contribution in [3.8, 4) is 17.2 Å². The molecule has 2 unspecified atom stereocenters. The highest BCUT2D eigenvalue weighted by molar-refractivity contribution is 6.33. The van der Waals surface area contributed by atoms with Gasteiger partial charge in [-0.05, 0) is 46.6 Å². The van der Waals surface area contributed by atoms with Gasteiger partial charge >= 0.3 is 0 Å². The molecule has 2 rings (SSSR count). The molecule has 2 atom stereocenters. The molecule has 4 nitrogen and oxygen atoms in total. The van der Waals surface area contributed by atoms with Crippen molar-refractivity contribution >= 4 is 17.4 Å². The number of ketones is 1. The quantitative estimate of drug-likeness (QED) is 0.682. The van der Waals surface area contributed by atoms with E-state index in [1.165, 1.54) is 0 Å². The summed E-state index contributed by atoms with van der Waals surface area (Å²) in [6.07, 6.45) is 1.90. The summed E-state index contributed by atoms with van der Waals surface area (Å²) in [5.41, 5.74) is -0.117. The number of carbonyl (C=O) groups is 1. The van der Waals surface area contributed by atoms with Gasteiger partial charge in [-0.25, -0.2) is 0 Å². The molecule has 1 aliphatic rings. The van der Waals surface area contributed by atoms with Gasteiger partial charge < -0.3 is 14.2 Å². The van der Waals surface area contributed by atoms with E-state index < -0.39 is 5.60 Å².